The van der Waals surface area contributed by atoms with E-state index in [0.29, 0.717) is 0 Å². The van der Waals surface area contributed by atoms with Crippen LogP contribution in [-0.4, -0.2) is 56.1 Å². The molecule has 10 heteroatoms. The normalized spacial score (nSPS) is 13.8. The molecule has 0 aliphatic rings. The second-order valence-electron chi connectivity index (χ2n) is 7.68. The van der Waals surface area contributed by atoms with Gasteiger partial charge in [0.25, 0.3) is 0 Å². The molecule has 0 saturated heterocycles. The predicted octanol–water partition coefficient (Wildman–Crippen LogP) is 8.09. The molecular weight excluding hydrogens is 417 g/mol. The minimum absolute atomic E-state index is 0.750. The molecule has 0 N–H and O–H groups in total. The Morgan fingerprint density at radius 3 is 0.931 bits per heavy atom. The Morgan fingerprint density at radius 2 is 0.828 bits per heavy atom. The van der Waals surface area contributed by atoms with Crippen LogP contribution in [-0.2, 0) is 4.79 Å². The molecule has 182 valence electrons. The van der Waals surface area contributed by atoms with Crippen LogP contribution in [0, 0.1) is 0 Å². The molecule has 0 bridgehead atoms. The van der Waals surface area contributed by atoms with Gasteiger partial charge in [0, 0.05) is 14.1 Å². The molecule has 0 rings (SSSR count). The van der Waals surface area contributed by atoms with Gasteiger partial charge in [0.05, 0.1) is 26.2 Å². The number of hydrogen-bond donors (Lipinski definition) is 0. The minimum atomic E-state index is -10.7. The zero-order chi connectivity index (χ0) is 23.7. The monoisotopic (exact) mass is 460 g/mol. The van der Waals surface area contributed by atoms with Gasteiger partial charge >= 0.3 is 33.0 Å². The molecule has 0 aliphatic heterocycles. The first-order chi connectivity index (χ1) is 13.0. The first kappa shape index (κ1) is 33.1. The maximum absolute atomic E-state index is 10.7. The van der Waals surface area contributed by atoms with Crippen LogP contribution >= 0.6 is 7.81 Å². The molecule has 0 unspecified atom stereocenters. The van der Waals surface area contributed by atoms with Crippen LogP contribution in [0.2, 0.25) is 0 Å². The average Bonchev–Trinajstić information content (AvgIpc) is 2.58. The molecule has 0 atom stereocenters. The Labute approximate surface area is 173 Å². The van der Waals surface area contributed by atoms with Gasteiger partial charge in [0.2, 0.25) is 6.41 Å². The van der Waals surface area contributed by atoms with Crippen molar-refractivity contribution in [2.45, 2.75) is 79.1 Å². The van der Waals surface area contributed by atoms with Crippen molar-refractivity contribution in [3.8, 4) is 0 Å². The topological polar surface area (TPSA) is 20.3 Å². The van der Waals surface area contributed by atoms with E-state index in [4.69, 9.17) is 0 Å². The van der Waals surface area contributed by atoms with Crippen LogP contribution in [0.3, 0.4) is 0 Å². The number of carbonyl (C=O) groups is 1. The Bertz CT molecular complexity index is 353. The molecule has 3 nitrogen and oxygen atoms in total. The van der Waals surface area contributed by atoms with Gasteiger partial charge in [-0.15, -0.1) is 0 Å². The standard InChI is InChI=1S/C16H36N.C3H7NO.F6P/c1-5-9-13-17(14-10-6-2,15-11-7-3)16-12-8-4;1-4(2)3-5;1-7(2,3,4,5)6/h5-16H2,1-4H3;3H,1-2H3;/q+1;;-1. The van der Waals surface area contributed by atoms with E-state index in [9.17, 15) is 30.0 Å². The number of nitrogens with zero attached hydrogens (tertiary/aromatic N) is 2. The average molecular weight is 461 g/mol. The van der Waals surface area contributed by atoms with Crippen LogP contribution in [0.4, 0.5) is 25.2 Å². The van der Waals surface area contributed by atoms with E-state index in [1.54, 1.807) is 14.1 Å². The number of carbonyl (C=O) groups excluding carboxylic acids is 1. The number of unbranched alkanes of at least 4 members (excludes halogenated alkanes) is 4. The molecule has 0 aliphatic carbocycles. The van der Waals surface area contributed by atoms with Crippen molar-refractivity contribution >= 4 is 14.2 Å². The Kier molecular flexibility index (Phi) is 16.5. The number of quaternary nitrogens is 1. The third-order valence-corrected chi connectivity index (χ3v) is 4.15. The second kappa shape index (κ2) is 14.4. The van der Waals surface area contributed by atoms with E-state index in [1.165, 1.54) is 86.9 Å². The third kappa shape index (κ3) is 38.6. The fourth-order valence-corrected chi connectivity index (χ4v) is 2.64. The van der Waals surface area contributed by atoms with E-state index in [2.05, 4.69) is 27.7 Å². The van der Waals surface area contributed by atoms with E-state index < -0.39 is 7.81 Å². The van der Waals surface area contributed by atoms with E-state index in [-0.39, 0.29) is 0 Å². The van der Waals surface area contributed by atoms with Crippen molar-refractivity contribution in [1.82, 2.24) is 4.90 Å². The fraction of sp³-hybridized carbons (Fsp3) is 0.947. The van der Waals surface area contributed by atoms with Crippen LogP contribution in [0.1, 0.15) is 79.1 Å². The van der Waals surface area contributed by atoms with Gasteiger partial charge in [0.1, 0.15) is 0 Å². The van der Waals surface area contributed by atoms with Gasteiger partial charge < -0.3 is 9.38 Å². The van der Waals surface area contributed by atoms with Gasteiger partial charge in [-0.3, -0.25) is 4.79 Å². The van der Waals surface area contributed by atoms with Gasteiger partial charge in [-0.1, -0.05) is 53.4 Å². The van der Waals surface area contributed by atoms with Crippen LogP contribution in [0.5, 0.6) is 0 Å². The first-order valence-electron chi connectivity index (χ1n) is 10.5. The van der Waals surface area contributed by atoms with Gasteiger partial charge in [-0.25, -0.2) is 0 Å². The Hall–Kier alpha value is -0.560. The van der Waals surface area contributed by atoms with Crippen molar-refractivity contribution in [3.05, 3.63) is 0 Å². The number of rotatable bonds is 13. The molecular formula is C19H43F6N2OP. The van der Waals surface area contributed by atoms with Crippen molar-refractivity contribution < 1.29 is 34.5 Å². The van der Waals surface area contributed by atoms with Gasteiger partial charge in [-0.2, -0.15) is 0 Å². The molecule has 0 saturated carbocycles. The summed E-state index contributed by atoms with van der Waals surface area (Å²) in [6.45, 7) is 15.0. The van der Waals surface area contributed by atoms with Crippen molar-refractivity contribution in [3.63, 3.8) is 0 Å². The van der Waals surface area contributed by atoms with Gasteiger partial charge in [0.15, 0.2) is 0 Å². The maximum atomic E-state index is 9.87. The molecule has 0 aromatic heterocycles. The van der Waals surface area contributed by atoms with E-state index in [0.717, 1.165) is 6.41 Å². The van der Waals surface area contributed by atoms with Crippen LogP contribution < -0.4 is 0 Å². The Morgan fingerprint density at radius 1 is 0.655 bits per heavy atom. The molecule has 0 heterocycles. The summed E-state index contributed by atoms with van der Waals surface area (Å²) in [5.74, 6) is 0. The summed E-state index contributed by atoms with van der Waals surface area (Å²) in [6, 6.07) is 0. The molecule has 1 amide bonds. The number of amides is 1. The summed E-state index contributed by atoms with van der Waals surface area (Å²) in [6.07, 6.45) is 11.8. The molecule has 29 heavy (non-hydrogen) atoms. The van der Waals surface area contributed by atoms with Crippen molar-refractivity contribution in [1.29, 1.82) is 0 Å². The molecule has 0 aromatic rings. The van der Waals surface area contributed by atoms with E-state index >= 15 is 0 Å². The predicted molar refractivity (Wildman–Crippen MR) is 113 cm³/mol. The third-order valence-electron chi connectivity index (χ3n) is 4.15. The van der Waals surface area contributed by atoms with Gasteiger partial charge in [-0.05, 0) is 25.7 Å². The molecule has 0 fully saturated rings. The summed E-state index contributed by atoms with van der Waals surface area (Å²) >= 11 is 0. The summed E-state index contributed by atoms with van der Waals surface area (Å²) in [4.78, 5) is 10.9. The molecule has 0 radical (unpaired) electrons. The quantitative estimate of drug-likeness (QED) is 0.118. The first-order valence-corrected chi connectivity index (χ1v) is 12.5. The summed E-state index contributed by atoms with van der Waals surface area (Å²) in [5.41, 5.74) is 0. The number of halogens is 6. The van der Waals surface area contributed by atoms with Crippen molar-refractivity contribution in [2.24, 2.45) is 0 Å². The zero-order valence-corrected chi connectivity index (χ0v) is 20.0. The summed E-state index contributed by atoms with van der Waals surface area (Å²) in [5, 5.41) is 0. The van der Waals surface area contributed by atoms with E-state index in [1.807, 2.05) is 0 Å². The SMILES string of the molecule is CCCC[N+](CCCC)(CCCC)CCCC.CN(C)C=O.F[P-](F)(F)(F)(F)F. The van der Waals surface area contributed by atoms with Crippen LogP contribution in [0.25, 0.3) is 0 Å². The van der Waals surface area contributed by atoms with Crippen LogP contribution in [0.15, 0.2) is 0 Å². The number of hydrogen-bond acceptors (Lipinski definition) is 1. The van der Waals surface area contributed by atoms with Crippen molar-refractivity contribution in [2.75, 3.05) is 40.3 Å². The fourth-order valence-electron chi connectivity index (χ4n) is 2.64. The zero-order valence-electron chi connectivity index (χ0n) is 19.1. The molecule has 0 spiro atoms. The summed E-state index contributed by atoms with van der Waals surface area (Å²) < 4.78 is 60.6. The second-order valence-corrected chi connectivity index (χ2v) is 9.59. The molecule has 0 aromatic carbocycles. The summed E-state index contributed by atoms with van der Waals surface area (Å²) in [7, 11) is -7.28. The Balaban J connectivity index is -0.000000461.